The minimum Gasteiger partial charge on any atom is -0.493 e. The lowest BCUT2D eigenvalue weighted by atomic mass is 10.3. The first-order valence-corrected chi connectivity index (χ1v) is 6.20. The van der Waals surface area contributed by atoms with Gasteiger partial charge in [-0.25, -0.2) is 4.98 Å². The largest absolute Gasteiger partial charge is 0.493 e. The van der Waals surface area contributed by atoms with Crippen molar-refractivity contribution in [2.75, 3.05) is 6.61 Å². The number of aromatic nitrogens is 1. The SMILES string of the molecule is N#Cc1cnc(CCOc2ccc(Cl)cc2)s1. The molecule has 3 nitrogen and oxygen atoms in total. The first kappa shape index (κ1) is 11.9. The van der Waals surface area contributed by atoms with E-state index < -0.39 is 0 Å². The maximum Gasteiger partial charge on any atom is 0.124 e. The van der Waals surface area contributed by atoms with Crippen molar-refractivity contribution in [3.63, 3.8) is 0 Å². The molecule has 17 heavy (non-hydrogen) atoms. The Hall–Kier alpha value is -1.57. The van der Waals surface area contributed by atoms with Crippen LogP contribution in [0.15, 0.2) is 30.5 Å². The number of hydrogen-bond acceptors (Lipinski definition) is 4. The van der Waals surface area contributed by atoms with E-state index in [0.29, 0.717) is 22.9 Å². The van der Waals surface area contributed by atoms with Crippen molar-refractivity contribution >= 4 is 22.9 Å². The van der Waals surface area contributed by atoms with Gasteiger partial charge in [-0.1, -0.05) is 11.6 Å². The molecule has 0 fully saturated rings. The second kappa shape index (κ2) is 5.67. The highest BCUT2D eigenvalue weighted by molar-refractivity contribution is 7.12. The molecule has 0 bridgehead atoms. The van der Waals surface area contributed by atoms with Crippen molar-refractivity contribution < 1.29 is 4.74 Å². The molecule has 0 unspecified atom stereocenters. The Bertz CT molecular complexity index is 530. The van der Waals surface area contributed by atoms with E-state index in [1.165, 1.54) is 11.3 Å². The first-order valence-electron chi connectivity index (χ1n) is 5.01. The van der Waals surface area contributed by atoms with Gasteiger partial charge in [-0.2, -0.15) is 5.26 Å². The van der Waals surface area contributed by atoms with E-state index in [9.17, 15) is 0 Å². The van der Waals surface area contributed by atoms with Gasteiger partial charge in [0, 0.05) is 11.4 Å². The summed E-state index contributed by atoms with van der Waals surface area (Å²) in [6.45, 7) is 0.542. The van der Waals surface area contributed by atoms with Gasteiger partial charge in [0.2, 0.25) is 0 Å². The molecule has 0 spiro atoms. The highest BCUT2D eigenvalue weighted by Gasteiger charge is 2.01. The predicted octanol–water partition coefficient (Wildman–Crippen LogP) is 3.29. The molecule has 1 aromatic heterocycles. The highest BCUT2D eigenvalue weighted by atomic mass is 35.5. The zero-order chi connectivity index (χ0) is 12.1. The summed E-state index contributed by atoms with van der Waals surface area (Å²) in [4.78, 5) is 4.76. The Balaban J connectivity index is 1.83. The Kier molecular flexibility index (Phi) is 3.97. The average molecular weight is 265 g/mol. The van der Waals surface area contributed by atoms with Crippen molar-refractivity contribution in [1.29, 1.82) is 5.26 Å². The van der Waals surface area contributed by atoms with Crippen LogP contribution in [0.1, 0.15) is 9.88 Å². The summed E-state index contributed by atoms with van der Waals surface area (Å²) >= 11 is 7.16. The first-order chi connectivity index (χ1) is 8.28. The molecule has 0 amide bonds. The van der Waals surface area contributed by atoms with E-state index in [4.69, 9.17) is 21.6 Å². The summed E-state index contributed by atoms with van der Waals surface area (Å²) in [5.41, 5.74) is 0. The van der Waals surface area contributed by atoms with Gasteiger partial charge in [0.1, 0.15) is 16.7 Å². The number of nitriles is 1. The molecule has 2 aromatic rings. The van der Waals surface area contributed by atoms with E-state index in [-0.39, 0.29) is 0 Å². The topological polar surface area (TPSA) is 45.9 Å². The molecular formula is C12H9ClN2OS. The highest BCUT2D eigenvalue weighted by Crippen LogP contribution is 2.16. The van der Waals surface area contributed by atoms with Crippen molar-refractivity contribution in [1.82, 2.24) is 4.98 Å². The molecule has 0 aliphatic heterocycles. The van der Waals surface area contributed by atoms with Gasteiger partial charge in [0.05, 0.1) is 17.8 Å². The quantitative estimate of drug-likeness (QED) is 0.851. The molecule has 0 aliphatic carbocycles. The summed E-state index contributed by atoms with van der Waals surface area (Å²) in [6.07, 6.45) is 2.29. The van der Waals surface area contributed by atoms with Crippen molar-refractivity contribution in [2.45, 2.75) is 6.42 Å². The number of rotatable bonds is 4. The van der Waals surface area contributed by atoms with Crippen LogP contribution in [-0.4, -0.2) is 11.6 Å². The molecule has 0 saturated heterocycles. The summed E-state index contributed by atoms with van der Waals surface area (Å²) < 4.78 is 5.53. The molecule has 0 atom stereocenters. The molecule has 1 aromatic carbocycles. The van der Waals surface area contributed by atoms with Crippen LogP contribution in [0.5, 0.6) is 5.75 Å². The van der Waals surface area contributed by atoms with Gasteiger partial charge in [-0.15, -0.1) is 11.3 Å². The molecule has 1 heterocycles. The van der Waals surface area contributed by atoms with Crippen molar-refractivity contribution in [3.8, 4) is 11.8 Å². The molecular weight excluding hydrogens is 256 g/mol. The van der Waals surface area contributed by atoms with Gasteiger partial charge < -0.3 is 4.74 Å². The van der Waals surface area contributed by atoms with Crippen molar-refractivity contribution in [3.05, 3.63) is 45.4 Å². The molecule has 5 heteroatoms. The van der Waals surface area contributed by atoms with E-state index in [2.05, 4.69) is 11.1 Å². The summed E-state index contributed by atoms with van der Waals surface area (Å²) in [5.74, 6) is 0.784. The van der Waals surface area contributed by atoms with Gasteiger partial charge in [-0.3, -0.25) is 0 Å². The van der Waals surface area contributed by atoms with Gasteiger partial charge in [0.25, 0.3) is 0 Å². The fraction of sp³-hybridized carbons (Fsp3) is 0.167. The maximum atomic E-state index is 8.66. The maximum absolute atomic E-state index is 8.66. The lowest BCUT2D eigenvalue weighted by Crippen LogP contribution is -2.00. The third kappa shape index (κ3) is 3.45. The summed E-state index contributed by atoms with van der Waals surface area (Å²) in [6, 6.07) is 9.28. The van der Waals surface area contributed by atoms with Crippen LogP contribution in [0, 0.1) is 11.3 Å². The number of nitrogens with zero attached hydrogens (tertiary/aromatic N) is 2. The summed E-state index contributed by atoms with van der Waals surface area (Å²) in [5, 5.41) is 10.3. The second-order valence-corrected chi connectivity index (χ2v) is 4.83. The smallest absolute Gasteiger partial charge is 0.124 e. The third-order valence-electron chi connectivity index (χ3n) is 2.06. The molecule has 2 rings (SSSR count). The third-order valence-corrected chi connectivity index (χ3v) is 3.28. The Labute approximate surface area is 108 Å². The van der Waals surface area contributed by atoms with Gasteiger partial charge in [0.15, 0.2) is 0 Å². The number of thiazole rings is 1. The van der Waals surface area contributed by atoms with Crippen LogP contribution in [0.3, 0.4) is 0 Å². The number of benzene rings is 1. The van der Waals surface area contributed by atoms with Crippen LogP contribution < -0.4 is 4.74 Å². The second-order valence-electron chi connectivity index (χ2n) is 3.28. The van der Waals surface area contributed by atoms with Crippen LogP contribution in [0.2, 0.25) is 5.02 Å². The van der Waals surface area contributed by atoms with E-state index in [1.807, 2.05) is 12.1 Å². The monoisotopic (exact) mass is 264 g/mol. The van der Waals surface area contributed by atoms with Crippen LogP contribution in [0.25, 0.3) is 0 Å². The van der Waals surface area contributed by atoms with Crippen LogP contribution in [0.4, 0.5) is 0 Å². The zero-order valence-electron chi connectivity index (χ0n) is 8.89. The molecule has 0 radical (unpaired) electrons. The fourth-order valence-electron chi connectivity index (χ4n) is 1.26. The predicted molar refractivity (Wildman–Crippen MR) is 67.5 cm³/mol. The molecule has 0 aliphatic rings. The van der Waals surface area contributed by atoms with Gasteiger partial charge >= 0.3 is 0 Å². The Morgan fingerprint density at radius 1 is 1.35 bits per heavy atom. The number of ether oxygens (including phenoxy) is 1. The molecule has 0 saturated carbocycles. The van der Waals surface area contributed by atoms with Crippen LogP contribution in [-0.2, 0) is 6.42 Å². The minimum absolute atomic E-state index is 0.542. The van der Waals surface area contributed by atoms with E-state index in [1.54, 1.807) is 18.3 Å². The molecule has 0 N–H and O–H groups in total. The molecule has 86 valence electrons. The summed E-state index contributed by atoms with van der Waals surface area (Å²) in [7, 11) is 0. The Morgan fingerprint density at radius 2 is 2.12 bits per heavy atom. The van der Waals surface area contributed by atoms with Crippen LogP contribution >= 0.6 is 22.9 Å². The normalized spacial score (nSPS) is 9.88. The van der Waals surface area contributed by atoms with E-state index in [0.717, 1.165) is 10.8 Å². The number of halogens is 1. The Morgan fingerprint density at radius 3 is 2.76 bits per heavy atom. The fourth-order valence-corrected chi connectivity index (χ4v) is 2.09. The van der Waals surface area contributed by atoms with Crippen molar-refractivity contribution in [2.24, 2.45) is 0 Å². The lowest BCUT2D eigenvalue weighted by Gasteiger charge is -2.04. The lowest BCUT2D eigenvalue weighted by molar-refractivity contribution is 0.322. The standard InChI is InChI=1S/C12H9ClN2OS/c13-9-1-3-10(4-2-9)16-6-5-12-15-8-11(7-14)17-12/h1-4,8H,5-6H2. The zero-order valence-corrected chi connectivity index (χ0v) is 10.5. The average Bonchev–Trinajstić information content (AvgIpc) is 2.80. The van der Waals surface area contributed by atoms with Gasteiger partial charge in [-0.05, 0) is 24.3 Å². The minimum atomic E-state index is 0.542. The van der Waals surface area contributed by atoms with E-state index >= 15 is 0 Å². The number of hydrogen-bond donors (Lipinski definition) is 0.